The van der Waals surface area contributed by atoms with E-state index in [0.29, 0.717) is 30.8 Å². The van der Waals surface area contributed by atoms with Crippen LogP contribution in [0.15, 0.2) is 23.0 Å². The third-order valence-corrected chi connectivity index (χ3v) is 5.61. The summed E-state index contributed by atoms with van der Waals surface area (Å²) in [5, 5.41) is 32.9. The lowest BCUT2D eigenvalue weighted by molar-refractivity contribution is 0.0691. The van der Waals surface area contributed by atoms with Crippen molar-refractivity contribution in [2.24, 2.45) is 7.05 Å². The lowest BCUT2D eigenvalue weighted by Crippen LogP contribution is -2.20. The minimum absolute atomic E-state index is 0.0736. The molecule has 2 aromatic heterocycles. The number of aromatic nitrogens is 2. The van der Waals surface area contributed by atoms with E-state index in [-0.39, 0.29) is 6.61 Å². The van der Waals surface area contributed by atoms with E-state index in [1.54, 1.807) is 0 Å². The molecule has 0 atom stereocenters. The Kier molecular flexibility index (Phi) is 4.89. The van der Waals surface area contributed by atoms with Gasteiger partial charge in [-0.1, -0.05) is 0 Å². The van der Waals surface area contributed by atoms with Gasteiger partial charge in [0.15, 0.2) is 5.56 Å². The fourth-order valence-electron chi connectivity index (χ4n) is 4.15. The second-order valence-corrected chi connectivity index (χ2v) is 7.35. The predicted octanol–water partition coefficient (Wildman–Crippen LogP) is 1.51. The second-order valence-electron chi connectivity index (χ2n) is 7.35. The van der Waals surface area contributed by atoms with Gasteiger partial charge in [-0.3, -0.25) is 4.79 Å². The van der Waals surface area contributed by atoms with Crippen LogP contribution in [0.4, 0.5) is 0 Å². The molecule has 0 radical (unpaired) electrons. The van der Waals surface area contributed by atoms with Gasteiger partial charge in [0.05, 0.1) is 12.3 Å². The van der Waals surface area contributed by atoms with Gasteiger partial charge in [-0.25, -0.2) is 4.79 Å². The van der Waals surface area contributed by atoms with Crippen LogP contribution in [0.25, 0.3) is 22.2 Å². The van der Waals surface area contributed by atoms with Crippen molar-refractivity contribution >= 4 is 16.9 Å². The number of fused-ring (bicyclic) bond motifs is 4. The average Bonchev–Trinajstić information content (AvgIpc) is 2.86. The van der Waals surface area contributed by atoms with E-state index in [1.165, 1.54) is 0 Å². The molecule has 0 unspecified atom stereocenters. The Bertz CT molecular complexity index is 1180. The molecule has 3 aromatic rings. The van der Waals surface area contributed by atoms with Gasteiger partial charge in [-0.2, -0.15) is 0 Å². The average molecular weight is 397 g/mol. The van der Waals surface area contributed by atoms with E-state index in [0.717, 1.165) is 40.6 Å². The van der Waals surface area contributed by atoms with Crippen LogP contribution in [-0.4, -0.2) is 44.0 Å². The van der Waals surface area contributed by atoms with Crippen LogP contribution in [0, 0.1) is 0 Å². The topological polar surface area (TPSA) is 128 Å². The standard InChI is InChI=1S/C21H23N3O5/c1-24-13(10-22-5-6-25)7-12-8-15-11(9-16(12)24)3-2-4-14-18(15)23-20(27)17(19(14)26)21(28)29/h7-9,22,25H,2-6,10H2,1H3,(H,28,29)(H2,23,26,27). The number of rotatable bonds is 5. The number of aromatic carboxylic acids is 1. The highest BCUT2D eigenvalue weighted by Gasteiger charge is 2.26. The maximum Gasteiger partial charge on any atom is 0.345 e. The molecule has 5 N–H and O–H groups in total. The number of carboxylic acid groups (broad SMARTS) is 1. The highest BCUT2D eigenvalue weighted by Crippen LogP contribution is 2.38. The number of carbonyl (C=O) groups is 1. The number of nitrogens with zero attached hydrogens (tertiary/aromatic N) is 1. The molecule has 1 aliphatic carbocycles. The number of hydrogen-bond donors (Lipinski definition) is 5. The van der Waals surface area contributed by atoms with Crippen LogP contribution in [0.2, 0.25) is 0 Å². The fraction of sp³-hybridized carbons (Fsp3) is 0.333. The van der Waals surface area contributed by atoms with Crippen LogP contribution in [0.5, 0.6) is 5.75 Å². The van der Waals surface area contributed by atoms with Crippen molar-refractivity contribution in [2.45, 2.75) is 25.8 Å². The highest BCUT2D eigenvalue weighted by molar-refractivity contribution is 5.93. The quantitative estimate of drug-likeness (QED) is 0.415. The van der Waals surface area contributed by atoms with Gasteiger partial charge in [0.25, 0.3) is 5.56 Å². The Balaban J connectivity index is 1.89. The van der Waals surface area contributed by atoms with Gasteiger partial charge in [-0.05, 0) is 43.0 Å². The van der Waals surface area contributed by atoms with Crippen molar-refractivity contribution in [1.82, 2.24) is 14.9 Å². The van der Waals surface area contributed by atoms with Crippen molar-refractivity contribution in [2.75, 3.05) is 13.2 Å². The summed E-state index contributed by atoms with van der Waals surface area (Å²) in [4.78, 5) is 26.4. The number of hydrogen-bond acceptors (Lipinski definition) is 5. The Morgan fingerprint density at radius 3 is 2.79 bits per heavy atom. The zero-order valence-electron chi connectivity index (χ0n) is 16.1. The van der Waals surface area contributed by atoms with Crippen molar-refractivity contribution in [3.8, 4) is 17.0 Å². The maximum atomic E-state index is 12.3. The Morgan fingerprint density at radius 2 is 2.07 bits per heavy atom. The Morgan fingerprint density at radius 1 is 1.28 bits per heavy atom. The van der Waals surface area contributed by atoms with Crippen LogP contribution in [0.1, 0.15) is 33.6 Å². The van der Waals surface area contributed by atoms with E-state index in [4.69, 9.17) is 5.11 Å². The molecule has 0 saturated carbocycles. The summed E-state index contributed by atoms with van der Waals surface area (Å²) in [6.45, 7) is 1.20. The van der Waals surface area contributed by atoms with Crippen LogP contribution in [0.3, 0.4) is 0 Å². The van der Waals surface area contributed by atoms with E-state index >= 15 is 0 Å². The highest BCUT2D eigenvalue weighted by atomic mass is 16.4. The summed E-state index contributed by atoms with van der Waals surface area (Å²) in [7, 11) is 1.99. The molecule has 8 nitrogen and oxygen atoms in total. The zero-order valence-corrected chi connectivity index (χ0v) is 16.1. The van der Waals surface area contributed by atoms with E-state index in [2.05, 4.69) is 20.9 Å². The molecule has 0 aliphatic heterocycles. The maximum absolute atomic E-state index is 12.3. The number of aliphatic hydroxyl groups is 1. The van der Waals surface area contributed by atoms with Gasteiger partial charge >= 0.3 is 5.97 Å². The summed E-state index contributed by atoms with van der Waals surface area (Å²) in [6, 6.07) is 6.13. The summed E-state index contributed by atoms with van der Waals surface area (Å²) in [5.41, 5.74) is 3.54. The number of nitrogens with one attached hydrogen (secondary N) is 2. The summed E-state index contributed by atoms with van der Waals surface area (Å²) < 4.78 is 2.10. The van der Waals surface area contributed by atoms with E-state index < -0.39 is 22.8 Å². The molecular formula is C21H23N3O5. The van der Waals surface area contributed by atoms with Crippen molar-refractivity contribution in [1.29, 1.82) is 0 Å². The first-order valence-electron chi connectivity index (χ1n) is 9.57. The summed E-state index contributed by atoms with van der Waals surface area (Å²) in [5.74, 6) is -1.87. The molecule has 8 heteroatoms. The zero-order chi connectivity index (χ0) is 20.7. The first-order valence-corrected chi connectivity index (χ1v) is 9.57. The van der Waals surface area contributed by atoms with Crippen LogP contribution >= 0.6 is 0 Å². The van der Waals surface area contributed by atoms with Crippen molar-refractivity contribution in [3.63, 3.8) is 0 Å². The SMILES string of the molecule is Cn1c(CNCCO)cc2cc3c(cc21)CCCc1c-3[nH]c(=O)c(C(=O)O)c1O. The summed E-state index contributed by atoms with van der Waals surface area (Å²) >= 11 is 0. The lowest BCUT2D eigenvalue weighted by Gasteiger charge is -2.13. The molecule has 0 spiro atoms. The van der Waals surface area contributed by atoms with Crippen molar-refractivity contribution in [3.05, 3.63) is 50.9 Å². The monoisotopic (exact) mass is 397 g/mol. The van der Waals surface area contributed by atoms with Crippen LogP contribution < -0.4 is 10.9 Å². The van der Waals surface area contributed by atoms with Crippen molar-refractivity contribution < 1.29 is 20.1 Å². The smallest absolute Gasteiger partial charge is 0.345 e. The van der Waals surface area contributed by atoms with E-state index in [1.807, 2.05) is 19.2 Å². The Labute approximate surface area is 166 Å². The molecular weight excluding hydrogens is 374 g/mol. The molecule has 1 aliphatic rings. The fourth-order valence-corrected chi connectivity index (χ4v) is 4.15. The van der Waals surface area contributed by atoms with Crippen LogP contribution in [-0.2, 0) is 26.4 Å². The largest absolute Gasteiger partial charge is 0.506 e. The van der Waals surface area contributed by atoms with Gasteiger partial charge in [0.1, 0.15) is 5.75 Å². The number of aromatic amines is 1. The minimum atomic E-state index is -1.44. The lowest BCUT2D eigenvalue weighted by atomic mass is 9.98. The number of aromatic hydroxyl groups is 1. The van der Waals surface area contributed by atoms with Gasteiger partial charge in [0, 0.05) is 47.9 Å². The number of aliphatic hydroxyl groups excluding tert-OH is 1. The molecule has 152 valence electrons. The first kappa shape index (κ1) is 19.2. The molecule has 29 heavy (non-hydrogen) atoms. The number of benzene rings is 1. The third kappa shape index (κ3) is 3.20. The molecule has 2 heterocycles. The third-order valence-electron chi connectivity index (χ3n) is 5.61. The van der Waals surface area contributed by atoms with E-state index in [9.17, 15) is 19.8 Å². The van der Waals surface area contributed by atoms with Gasteiger partial charge in [0.2, 0.25) is 0 Å². The minimum Gasteiger partial charge on any atom is -0.506 e. The summed E-state index contributed by atoms with van der Waals surface area (Å²) in [6.07, 6.45) is 1.98. The normalized spacial score (nSPS) is 13.2. The second kappa shape index (κ2) is 7.38. The van der Waals surface area contributed by atoms with Gasteiger partial charge in [-0.15, -0.1) is 0 Å². The molecule has 0 saturated heterocycles. The molecule has 1 aromatic carbocycles. The first-order chi connectivity index (χ1) is 13.9. The molecule has 4 rings (SSSR count). The van der Waals surface area contributed by atoms with Gasteiger partial charge < -0.3 is 30.2 Å². The molecule has 0 bridgehead atoms. The number of aryl methyl sites for hydroxylation is 2. The number of H-pyrrole nitrogens is 1. The molecule has 0 amide bonds. The number of carboxylic acids is 1. The Hall–Kier alpha value is -3.10. The number of pyridine rings is 1. The predicted molar refractivity (Wildman–Crippen MR) is 108 cm³/mol. The molecule has 0 fully saturated rings.